The van der Waals surface area contributed by atoms with Crippen LogP contribution in [0.15, 0.2) is 24.3 Å². The zero-order chi connectivity index (χ0) is 20.2. The van der Waals surface area contributed by atoms with Gasteiger partial charge in [-0.1, -0.05) is 24.3 Å². The molecule has 1 rings (SSSR count). The number of nitrogens with two attached hydrogens (primary N) is 1. The highest BCUT2D eigenvalue weighted by molar-refractivity contribution is 5.69. The zero-order valence-electron chi connectivity index (χ0n) is 16.7. The lowest BCUT2D eigenvalue weighted by Gasteiger charge is -2.27. The molecule has 0 bridgehead atoms. The van der Waals surface area contributed by atoms with E-state index in [2.05, 4.69) is 4.74 Å². The van der Waals surface area contributed by atoms with Crippen molar-refractivity contribution < 1.29 is 24.5 Å². The number of ether oxygens (including phenoxy) is 2. The Bertz CT molecular complexity index is 504. The van der Waals surface area contributed by atoms with Gasteiger partial charge in [-0.15, -0.1) is 0 Å². The van der Waals surface area contributed by atoms with Crippen LogP contribution in [-0.2, 0) is 27.5 Å². The van der Waals surface area contributed by atoms with Gasteiger partial charge >= 0.3 is 5.97 Å². The Kier molecular flexibility index (Phi) is 11.3. The maximum absolute atomic E-state index is 11.0. The van der Waals surface area contributed by atoms with E-state index in [1.807, 2.05) is 45.9 Å². The molecule has 0 saturated heterocycles. The Balaban J connectivity index is 0.000000531. The summed E-state index contributed by atoms with van der Waals surface area (Å²) in [6.07, 6.45) is 1.84. The molecule has 0 amide bonds. The second-order valence-corrected chi connectivity index (χ2v) is 7.56. The molecule has 26 heavy (non-hydrogen) atoms. The van der Waals surface area contributed by atoms with Gasteiger partial charge in [-0.25, -0.2) is 0 Å². The lowest BCUT2D eigenvalue weighted by atomic mass is 10.0. The van der Waals surface area contributed by atoms with Gasteiger partial charge in [0.15, 0.2) is 0 Å². The van der Waals surface area contributed by atoms with Crippen LogP contribution in [0.5, 0.6) is 0 Å². The highest BCUT2D eigenvalue weighted by Crippen LogP contribution is 2.18. The minimum Gasteiger partial charge on any atom is -0.469 e. The van der Waals surface area contributed by atoms with Gasteiger partial charge in [0.25, 0.3) is 0 Å². The second-order valence-electron chi connectivity index (χ2n) is 7.56. The molecule has 0 fully saturated rings. The monoisotopic (exact) mass is 369 g/mol. The van der Waals surface area contributed by atoms with Crippen molar-refractivity contribution in [1.29, 1.82) is 0 Å². The number of hydrogen-bond acceptors (Lipinski definition) is 6. The van der Waals surface area contributed by atoms with Gasteiger partial charge < -0.3 is 25.4 Å². The first kappa shape index (κ1) is 24.5. The van der Waals surface area contributed by atoms with E-state index in [9.17, 15) is 4.79 Å². The molecule has 1 aromatic carbocycles. The Morgan fingerprint density at radius 1 is 1.08 bits per heavy atom. The number of hydrogen-bond donors (Lipinski definition) is 3. The Morgan fingerprint density at radius 2 is 1.62 bits per heavy atom. The highest BCUT2D eigenvalue weighted by Gasteiger charge is 2.21. The van der Waals surface area contributed by atoms with Crippen LogP contribution in [0.25, 0.3) is 0 Å². The normalized spacial score (nSPS) is 11.5. The summed E-state index contributed by atoms with van der Waals surface area (Å²) >= 11 is 0. The maximum Gasteiger partial charge on any atom is 0.305 e. The molecule has 0 aliphatic heterocycles. The molecule has 0 unspecified atom stereocenters. The standard InChI is InChI=1S/C12H25NO3.C8H10O2/c1-11(2,13)8-9-16-12(3,4)7-6-10(14)15-5;9-5-7-2-1-3-8(4-7)6-10/h6-9,13H2,1-5H3;1-4,9-10H,5-6H2. The van der Waals surface area contributed by atoms with Crippen molar-refractivity contribution in [1.82, 2.24) is 0 Å². The van der Waals surface area contributed by atoms with E-state index in [-0.39, 0.29) is 30.3 Å². The van der Waals surface area contributed by atoms with E-state index in [1.54, 1.807) is 6.07 Å². The van der Waals surface area contributed by atoms with Gasteiger partial charge in [-0.05, 0) is 51.7 Å². The summed E-state index contributed by atoms with van der Waals surface area (Å²) in [4.78, 5) is 11.0. The van der Waals surface area contributed by atoms with E-state index >= 15 is 0 Å². The molecular formula is C20H35NO5. The van der Waals surface area contributed by atoms with E-state index in [4.69, 9.17) is 20.7 Å². The summed E-state index contributed by atoms with van der Waals surface area (Å²) < 4.78 is 10.3. The molecule has 0 aliphatic carbocycles. The summed E-state index contributed by atoms with van der Waals surface area (Å²) in [5.41, 5.74) is 7.02. The van der Waals surface area contributed by atoms with Gasteiger partial charge in [-0.2, -0.15) is 0 Å². The summed E-state index contributed by atoms with van der Waals surface area (Å²) in [6.45, 7) is 8.56. The number of benzene rings is 1. The third-order valence-electron chi connectivity index (χ3n) is 3.75. The smallest absolute Gasteiger partial charge is 0.305 e. The van der Waals surface area contributed by atoms with Crippen LogP contribution in [0, 0.1) is 0 Å². The number of methoxy groups -OCH3 is 1. The lowest BCUT2D eigenvalue weighted by Crippen LogP contribution is -2.35. The first-order chi connectivity index (χ1) is 12.0. The van der Waals surface area contributed by atoms with Gasteiger partial charge in [0.2, 0.25) is 0 Å². The Labute approximate surface area is 157 Å². The van der Waals surface area contributed by atoms with E-state index in [0.29, 0.717) is 19.4 Å². The number of carbonyl (C=O) groups excluding carboxylic acids is 1. The predicted octanol–water partition coefficient (Wildman–Crippen LogP) is 2.53. The van der Waals surface area contributed by atoms with Crippen LogP contribution in [0.4, 0.5) is 0 Å². The first-order valence-electron chi connectivity index (χ1n) is 8.82. The van der Waals surface area contributed by atoms with Crippen LogP contribution in [-0.4, -0.2) is 41.0 Å². The average molecular weight is 370 g/mol. The van der Waals surface area contributed by atoms with Crippen molar-refractivity contribution >= 4 is 5.97 Å². The lowest BCUT2D eigenvalue weighted by molar-refractivity contribution is -0.142. The van der Waals surface area contributed by atoms with Crippen molar-refractivity contribution in [3.8, 4) is 0 Å². The van der Waals surface area contributed by atoms with Gasteiger partial charge in [0, 0.05) is 18.6 Å². The molecule has 4 N–H and O–H groups in total. The molecule has 0 radical (unpaired) electrons. The summed E-state index contributed by atoms with van der Waals surface area (Å²) in [7, 11) is 1.40. The molecule has 0 heterocycles. The molecule has 6 nitrogen and oxygen atoms in total. The third-order valence-corrected chi connectivity index (χ3v) is 3.75. The van der Waals surface area contributed by atoms with Gasteiger partial charge in [0.1, 0.15) is 0 Å². The minimum atomic E-state index is -0.306. The fourth-order valence-electron chi connectivity index (χ4n) is 1.99. The Morgan fingerprint density at radius 3 is 2.04 bits per heavy atom. The van der Waals surface area contributed by atoms with Crippen LogP contribution >= 0.6 is 0 Å². The molecule has 1 aromatic rings. The van der Waals surface area contributed by atoms with Crippen LogP contribution in [0.3, 0.4) is 0 Å². The van der Waals surface area contributed by atoms with Crippen molar-refractivity contribution in [2.24, 2.45) is 5.73 Å². The molecule has 0 aromatic heterocycles. The van der Waals surface area contributed by atoms with Crippen LogP contribution in [0.2, 0.25) is 0 Å². The molecule has 0 atom stereocenters. The topological polar surface area (TPSA) is 102 Å². The van der Waals surface area contributed by atoms with Crippen molar-refractivity contribution in [2.75, 3.05) is 13.7 Å². The molecule has 0 saturated carbocycles. The SMILES string of the molecule is COC(=O)CCC(C)(C)OCCC(C)(C)N.OCc1cccc(CO)c1. The first-order valence-corrected chi connectivity index (χ1v) is 8.82. The van der Waals surface area contributed by atoms with Crippen LogP contribution in [0.1, 0.15) is 58.1 Å². The van der Waals surface area contributed by atoms with Crippen molar-refractivity contribution in [3.63, 3.8) is 0 Å². The van der Waals surface area contributed by atoms with Gasteiger partial charge in [0.05, 0.1) is 25.9 Å². The number of carbonyl (C=O) groups is 1. The number of esters is 1. The maximum atomic E-state index is 11.0. The quantitative estimate of drug-likeness (QED) is 0.578. The van der Waals surface area contributed by atoms with Crippen molar-refractivity contribution in [2.45, 2.75) is 71.3 Å². The number of aliphatic hydroxyl groups is 2. The molecule has 0 spiro atoms. The molecule has 150 valence electrons. The third kappa shape index (κ3) is 12.8. The fraction of sp³-hybridized carbons (Fsp3) is 0.650. The molecular weight excluding hydrogens is 334 g/mol. The predicted molar refractivity (Wildman–Crippen MR) is 102 cm³/mol. The second kappa shape index (κ2) is 12.0. The molecule has 0 aliphatic rings. The van der Waals surface area contributed by atoms with E-state index in [1.165, 1.54) is 7.11 Å². The minimum absolute atomic E-state index is 0.0356. The van der Waals surface area contributed by atoms with E-state index in [0.717, 1.165) is 17.5 Å². The molecule has 6 heteroatoms. The largest absolute Gasteiger partial charge is 0.469 e. The number of rotatable bonds is 9. The highest BCUT2D eigenvalue weighted by atomic mass is 16.5. The Hall–Kier alpha value is -1.47. The number of aliphatic hydroxyl groups excluding tert-OH is 2. The summed E-state index contributed by atoms with van der Waals surface area (Å²) in [6, 6.07) is 7.23. The zero-order valence-corrected chi connectivity index (χ0v) is 16.7. The average Bonchev–Trinajstić information content (AvgIpc) is 2.59. The fourth-order valence-corrected chi connectivity index (χ4v) is 1.99. The van der Waals surface area contributed by atoms with E-state index < -0.39 is 0 Å². The van der Waals surface area contributed by atoms with Gasteiger partial charge in [-0.3, -0.25) is 4.79 Å². The summed E-state index contributed by atoms with van der Waals surface area (Å²) in [5.74, 6) is -0.198. The summed E-state index contributed by atoms with van der Waals surface area (Å²) in [5, 5.41) is 17.4. The van der Waals surface area contributed by atoms with Crippen LogP contribution < -0.4 is 5.73 Å². The van der Waals surface area contributed by atoms with Crippen molar-refractivity contribution in [3.05, 3.63) is 35.4 Å².